The second-order valence-electron chi connectivity index (χ2n) is 2.99. The summed E-state index contributed by atoms with van der Waals surface area (Å²) in [4.78, 5) is 13.4. The zero-order valence-electron chi connectivity index (χ0n) is 8.21. The molecule has 0 bridgehead atoms. The van der Waals surface area contributed by atoms with E-state index in [4.69, 9.17) is 5.26 Å². The van der Waals surface area contributed by atoms with E-state index in [2.05, 4.69) is 0 Å². The van der Waals surface area contributed by atoms with Gasteiger partial charge in [0.05, 0.1) is 4.88 Å². The van der Waals surface area contributed by atoms with Crippen molar-refractivity contribution in [3.63, 3.8) is 0 Å². The molecule has 0 aliphatic rings. The van der Waals surface area contributed by atoms with Gasteiger partial charge in [-0.25, -0.2) is 0 Å². The fourth-order valence-corrected chi connectivity index (χ4v) is 2.54. The Morgan fingerprint density at radius 3 is 2.56 bits per heavy atom. The molecule has 0 unspecified atom stereocenters. The number of ketones is 1. The predicted octanol–water partition coefficient (Wildman–Crippen LogP) is 3.60. The molecule has 0 spiro atoms. The van der Waals surface area contributed by atoms with Crippen LogP contribution in [0.25, 0.3) is 6.08 Å². The van der Waals surface area contributed by atoms with Gasteiger partial charge in [0.25, 0.3) is 0 Å². The van der Waals surface area contributed by atoms with Crippen LogP contribution in [0.4, 0.5) is 0 Å². The van der Waals surface area contributed by atoms with Gasteiger partial charge in [-0.2, -0.15) is 5.26 Å². The lowest BCUT2D eigenvalue weighted by Crippen LogP contribution is -1.98. The minimum Gasteiger partial charge on any atom is -0.287 e. The summed E-state index contributed by atoms with van der Waals surface area (Å²) in [6.45, 7) is 0. The van der Waals surface area contributed by atoms with Gasteiger partial charge < -0.3 is 0 Å². The number of Topliss-reactive ketones (excluding diaryl/α,β-unsaturated/α-hetero) is 1. The van der Waals surface area contributed by atoms with Crippen LogP contribution in [0, 0.1) is 11.3 Å². The van der Waals surface area contributed by atoms with Crippen LogP contribution in [0.1, 0.15) is 14.5 Å². The predicted molar refractivity (Wildman–Crippen MR) is 66.6 cm³/mol. The zero-order valence-corrected chi connectivity index (χ0v) is 9.85. The van der Waals surface area contributed by atoms with E-state index in [1.165, 1.54) is 22.7 Å². The van der Waals surface area contributed by atoms with Crippen molar-refractivity contribution in [3.05, 3.63) is 50.4 Å². The van der Waals surface area contributed by atoms with E-state index in [1.54, 1.807) is 18.2 Å². The van der Waals surface area contributed by atoms with E-state index in [9.17, 15) is 4.79 Å². The molecule has 2 heterocycles. The molecule has 2 aromatic rings. The van der Waals surface area contributed by atoms with E-state index < -0.39 is 0 Å². The van der Waals surface area contributed by atoms with Crippen LogP contribution in [0.15, 0.2) is 40.6 Å². The van der Waals surface area contributed by atoms with Crippen LogP contribution in [-0.2, 0) is 0 Å². The standard InChI is InChI=1S/C12H7NOS2/c13-8-9(7-10-3-1-5-15-10)12(14)11-4-2-6-16-11/h1-7H. The third kappa shape index (κ3) is 2.27. The average molecular weight is 245 g/mol. The highest BCUT2D eigenvalue weighted by molar-refractivity contribution is 7.12. The first-order valence-corrected chi connectivity index (χ1v) is 6.30. The maximum absolute atomic E-state index is 11.9. The molecule has 2 rings (SSSR count). The molecule has 4 heteroatoms. The van der Waals surface area contributed by atoms with Gasteiger partial charge in [-0.1, -0.05) is 12.1 Å². The van der Waals surface area contributed by atoms with Crippen molar-refractivity contribution < 1.29 is 4.79 Å². The van der Waals surface area contributed by atoms with Crippen LogP contribution in [0.3, 0.4) is 0 Å². The Bertz CT molecular complexity index is 544. The van der Waals surface area contributed by atoms with Crippen LogP contribution >= 0.6 is 22.7 Å². The van der Waals surface area contributed by atoms with Gasteiger partial charge in [-0.05, 0) is 29.0 Å². The van der Waals surface area contributed by atoms with Crippen molar-refractivity contribution in [2.75, 3.05) is 0 Å². The molecule has 0 N–H and O–H groups in total. The number of nitriles is 1. The molecule has 16 heavy (non-hydrogen) atoms. The van der Waals surface area contributed by atoms with Gasteiger partial charge in [0.15, 0.2) is 0 Å². The first-order valence-electron chi connectivity index (χ1n) is 4.55. The maximum atomic E-state index is 11.9. The summed E-state index contributed by atoms with van der Waals surface area (Å²) < 4.78 is 0. The molecular formula is C12H7NOS2. The van der Waals surface area contributed by atoms with E-state index in [-0.39, 0.29) is 11.4 Å². The average Bonchev–Trinajstić information content (AvgIpc) is 2.97. The third-order valence-electron chi connectivity index (χ3n) is 1.94. The highest BCUT2D eigenvalue weighted by Crippen LogP contribution is 2.18. The molecule has 78 valence electrons. The molecule has 0 saturated carbocycles. The molecule has 0 radical (unpaired) electrons. The number of thiophene rings is 2. The van der Waals surface area contributed by atoms with E-state index in [1.807, 2.05) is 29.0 Å². The Labute approximate surface area is 101 Å². The molecule has 0 atom stereocenters. The second kappa shape index (κ2) is 4.88. The number of rotatable bonds is 3. The Morgan fingerprint density at radius 2 is 2.00 bits per heavy atom. The van der Waals surface area contributed by atoms with Crippen molar-refractivity contribution >= 4 is 34.5 Å². The molecule has 0 aromatic carbocycles. The molecule has 0 saturated heterocycles. The summed E-state index contributed by atoms with van der Waals surface area (Å²) in [5, 5.41) is 12.7. The van der Waals surface area contributed by atoms with Gasteiger partial charge >= 0.3 is 0 Å². The molecule has 0 aliphatic heterocycles. The number of hydrogen-bond acceptors (Lipinski definition) is 4. The fourth-order valence-electron chi connectivity index (χ4n) is 1.20. The number of carbonyl (C=O) groups is 1. The molecule has 0 fully saturated rings. The lowest BCUT2D eigenvalue weighted by molar-refractivity contribution is 0.104. The van der Waals surface area contributed by atoms with Crippen LogP contribution in [-0.4, -0.2) is 5.78 Å². The minimum absolute atomic E-state index is 0.185. The number of allylic oxidation sites excluding steroid dienone is 1. The minimum atomic E-state index is -0.203. The van der Waals surface area contributed by atoms with Crippen LogP contribution < -0.4 is 0 Å². The Morgan fingerprint density at radius 1 is 1.25 bits per heavy atom. The normalized spacial score (nSPS) is 11.1. The lowest BCUT2D eigenvalue weighted by Gasteiger charge is -1.93. The van der Waals surface area contributed by atoms with Crippen molar-refractivity contribution in [2.45, 2.75) is 0 Å². The highest BCUT2D eigenvalue weighted by atomic mass is 32.1. The zero-order chi connectivity index (χ0) is 11.4. The van der Waals surface area contributed by atoms with Crippen molar-refractivity contribution in [2.24, 2.45) is 0 Å². The SMILES string of the molecule is N#CC(=Cc1cccs1)C(=O)c1cccs1. The first kappa shape index (κ1) is 10.8. The summed E-state index contributed by atoms with van der Waals surface area (Å²) in [5.74, 6) is -0.203. The Kier molecular flexibility index (Phi) is 3.30. The topological polar surface area (TPSA) is 40.9 Å². The lowest BCUT2D eigenvalue weighted by atomic mass is 10.1. The highest BCUT2D eigenvalue weighted by Gasteiger charge is 2.12. The van der Waals surface area contributed by atoms with E-state index in [0.717, 1.165) is 4.88 Å². The van der Waals surface area contributed by atoms with Gasteiger partial charge in [-0.15, -0.1) is 22.7 Å². The summed E-state index contributed by atoms with van der Waals surface area (Å²) >= 11 is 2.85. The first-order chi connectivity index (χ1) is 7.81. The Balaban J connectivity index is 2.32. The molecule has 0 amide bonds. The Hall–Kier alpha value is -1.70. The van der Waals surface area contributed by atoms with Crippen molar-refractivity contribution in [1.29, 1.82) is 5.26 Å². The summed E-state index contributed by atoms with van der Waals surface area (Å²) in [6.07, 6.45) is 1.63. The summed E-state index contributed by atoms with van der Waals surface area (Å²) in [5.41, 5.74) is 0.185. The summed E-state index contributed by atoms with van der Waals surface area (Å²) in [6, 6.07) is 9.25. The number of hydrogen-bond donors (Lipinski definition) is 0. The fraction of sp³-hybridized carbons (Fsp3) is 0. The monoisotopic (exact) mass is 245 g/mol. The largest absolute Gasteiger partial charge is 0.287 e. The number of carbonyl (C=O) groups excluding carboxylic acids is 1. The van der Waals surface area contributed by atoms with E-state index in [0.29, 0.717) is 4.88 Å². The van der Waals surface area contributed by atoms with Crippen molar-refractivity contribution in [1.82, 2.24) is 0 Å². The number of nitrogens with zero attached hydrogens (tertiary/aromatic N) is 1. The molecule has 2 nitrogen and oxygen atoms in total. The summed E-state index contributed by atoms with van der Waals surface area (Å²) in [7, 11) is 0. The second-order valence-corrected chi connectivity index (χ2v) is 4.92. The van der Waals surface area contributed by atoms with E-state index >= 15 is 0 Å². The molecule has 0 aliphatic carbocycles. The third-order valence-corrected chi connectivity index (χ3v) is 3.63. The van der Waals surface area contributed by atoms with Crippen LogP contribution in [0.5, 0.6) is 0 Å². The quantitative estimate of drug-likeness (QED) is 0.471. The smallest absolute Gasteiger partial charge is 0.213 e. The van der Waals surface area contributed by atoms with Crippen molar-refractivity contribution in [3.8, 4) is 6.07 Å². The van der Waals surface area contributed by atoms with Gasteiger partial charge in [0.2, 0.25) is 5.78 Å². The van der Waals surface area contributed by atoms with Gasteiger partial charge in [0.1, 0.15) is 11.6 Å². The molecular weight excluding hydrogens is 238 g/mol. The van der Waals surface area contributed by atoms with Gasteiger partial charge in [0, 0.05) is 4.88 Å². The van der Waals surface area contributed by atoms with Gasteiger partial charge in [-0.3, -0.25) is 4.79 Å². The maximum Gasteiger partial charge on any atom is 0.213 e. The molecule has 2 aromatic heterocycles. The van der Waals surface area contributed by atoms with Crippen LogP contribution in [0.2, 0.25) is 0 Å².